The van der Waals surface area contributed by atoms with Gasteiger partial charge in [0.2, 0.25) is 5.82 Å². The molecule has 0 amide bonds. The Labute approximate surface area is 136 Å². The number of hydrogen-bond acceptors (Lipinski definition) is 9. The molecule has 0 spiro atoms. The standard InChI is InChI=1S/C14H12N6O4/c1-23-13(21)8-3-9(14(22)24-2)5-11(4-8)16-7-10(6-15)12-17-19-20-18-12/h3-5,7,16H,1-2H3,(H,17,18,19,20). The third-order valence-corrected chi connectivity index (χ3v) is 2.87. The van der Waals surface area contributed by atoms with Crippen LogP contribution in [0.3, 0.4) is 0 Å². The summed E-state index contributed by atoms with van der Waals surface area (Å²) in [5, 5.41) is 24.9. The molecule has 0 radical (unpaired) electrons. The molecule has 0 saturated heterocycles. The molecule has 2 aromatic rings. The summed E-state index contributed by atoms with van der Waals surface area (Å²) in [5.41, 5.74) is 0.769. The molecule has 0 saturated carbocycles. The van der Waals surface area contributed by atoms with Gasteiger partial charge in [0.05, 0.1) is 25.3 Å². The zero-order chi connectivity index (χ0) is 17.5. The number of H-pyrrole nitrogens is 1. The van der Waals surface area contributed by atoms with Crippen LogP contribution >= 0.6 is 0 Å². The molecular formula is C14H12N6O4. The SMILES string of the molecule is COC(=O)c1cc(NC=C(C#N)c2nn[nH]n2)cc(C(=O)OC)c1. The third kappa shape index (κ3) is 3.72. The number of aromatic amines is 1. The minimum absolute atomic E-state index is 0.0994. The highest BCUT2D eigenvalue weighted by Crippen LogP contribution is 2.18. The van der Waals surface area contributed by atoms with E-state index in [1.165, 1.54) is 38.6 Å². The van der Waals surface area contributed by atoms with Crippen molar-refractivity contribution in [1.29, 1.82) is 5.26 Å². The van der Waals surface area contributed by atoms with Gasteiger partial charge in [0.25, 0.3) is 0 Å². The third-order valence-electron chi connectivity index (χ3n) is 2.87. The minimum Gasteiger partial charge on any atom is -0.465 e. The van der Waals surface area contributed by atoms with E-state index in [2.05, 4.69) is 35.4 Å². The first-order chi connectivity index (χ1) is 11.6. The average molecular weight is 328 g/mol. The highest BCUT2D eigenvalue weighted by Gasteiger charge is 2.14. The monoisotopic (exact) mass is 328 g/mol. The first kappa shape index (κ1) is 16.6. The van der Waals surface area contributed by atoms with Crippen molar-refractivity contribution in [3.63, 3.8) is 0 Å². The van der Waals surface area contributed by atoms with Crippen LogP contribution in [0.15, 0.2) is 24.4 Å². The summed E-state index contributed by atoms with van der Waals surface area (Å²) in [5.74, 6) is -1.14. The van der Waals surface area contributed by atoms with E-state index in [1.54, 1.807) is 0 Å². The summed E-state index contributed by atoms with van der Waals surface area (Å²) in [6.45, 7) is 0. The van der Waals surface area contributed by atoms with Crippen molar-refractivity contribution in [3.05, 3.63) is 41.4 Å². The number of nitrogens with zero attached hydrogens (tertiary/aromatic N) is 4. The van der Waals surface area contributed by atoms with Crippen molar-refractivity contribution in [2.75, 3.05) is 19.5 Å². The van der Waals surface area contributed by atoms with Crippen molar-refractivity contribution in [3.8, 4) is 6.07 Å². The van der Waals surface area contributed by atoms with Crippen molar-refractivity contribution >= 4 is 23.2 Å². The van der Waals surface area contributed by atoms with Crippen molar-refractivity contribution in [2.45, 2.75) is 0 Å². The van der Waals surface area contributed by atoms with Crippen LogP contribution in [-0.4, -0.2) is 46.8 Å². The number of aromatic nitrogens is 4. The number of nitrogens with one attached hydrogen (secondary N) is 2. The summed E-state index contributed by atoms with van der Waals surface area (Å²) in [6, 6.07) is 6.16. The Morgan fingerprint density at radius 1 is 1.21 bits per heavy atom. The molecule has 0 aliphatic rings. The number of carbonyl (C=O) groups excluding carboxylic acids is 2. The van der Waals surface area contributed by atoms with Gasteiger partial charge < -0.3 is 14.8 Å². The Morgan fingerprint density at radius 3 is 2.29 bits per heavy atom. The van der Waals surface area contributed by atoms with Gasteiger partial charge in [-0.1, -0.05) is 0 Å². The molecule has 0 unspecified atom stereocenters. The lowest BCUT2D eigenvalue weighted by atomic mass is 10.1. The van der Waals surface area contributed by atoms with Gasteiger partial charge in [-0.3, -0.25) is 0 Å². The number of ether oxygens (including phenoxy) is 2. The number of esters is 2. The Kier molecular flexibility index (Phi) is 5.20. The molecule has 2 rings (SSSR count). The lowest BCUT2D eigenvalue weighted by Crippen LogP contribution is -2.07. The molecule has 0 bridgehead atoms. The fourth-order valence-electron chi connectivity index (χ4n) is 1.76. The van der Waals surface area contributed by atoms with E-state index < -0.39 is 11.9 Å². The number of allylic oxidation sites excluding steroid dienone is 1. The second-order valence-electron chi connectivity index (χ2n) is 4.33. The predicted octanol–water partition coefficient (Wildman–Crippen LogP) is 0.749. The maximum absolute atomic E-state index is 11.7. The molecule has 1 aromatic heterocycles. The molecule has 122 valence electrons. The van der Waals surface area contributed by atoms with Crippen molar-refractivity contribution in [1.82, 2.24) is 20.6 Å². The zero-order valence-corrected chi connectivity index (χ0v) is 12.7. The lowest BCUT2D eigenvalue weighted by molar-refractivity contribution is 0.0599. The highest BCUT2D eigenvalue weighted by atomic mass is 16.5. The summed E-state index contributed by atoms with van der Waals surface area (Å²) >= 11 is 0. The van der Waals surface area contributed by atoms with Gasteiger partial charge in [-0.05, 0) is 23.4 Å². The van der Waals surface area contributed by atoms with Gasteiger partial charge in [-0.15, -0.1) is 10.2 Å². The molecule has 1 aromatic carbocycles. The fraction of sp³-hybridized carbons (Fsp3) is 0.143. The van der Waals surface area contributed by atoms with E-state index in [9.17, 15) is 9.59 Å². The zero-order valence-electron chi connectivity index (χ0n) is 12.7. The molecule has 24 heavy (non-hydrogen) atoms. The molecule has 0 fully saturated rings. The summed E-state index contributed by atoms with van der Waals surface area (Å²) < 4.78 is 9.29. The summed E-state index contributed by atoms with van der Waals surface area (Å²) in [4.78, 5) is 23.4. The highest BCUT2D eigenvalue weighted by molar-refractivity contribution is 5.97. The second kappa shape index (κ2) is 7.50. The largest absolute Gasteiger partial charge is 0.465 e. The van der Waals surface area contributed by atoms with Gasteiger partial charge in [-0.2, -0.15) is 10.5 Å². The second-order valence-corrected chi connectivity index (χ2v) is 4.33. The molecule has 10 nitrogen and oxygen atoms in total. The number of carbonyl (C=O) groups is 2. The Hall–Kier alpha value is -3.74. The van der Waals surface area contributed by atoms with Gasteiger partial charge in [-0.25, -0.2) is 9.59 Å². The van der Waals surface area contributed by atoms with Crippen LogP contribution in [-0.2, 0) is 9.47 Å². The average Bonchev–Trinajstić information content (AvgIpc) is 3.15. The van der Waals surface area contributed by atoms with Gasteiger partial charge in [0.15, 0.2) is 0 Å². The van der Waals surface area contributed by atoms with E-state index in [-0.39, 0.29) is 22.5 Å². The Bertz CT molecular complexity index is 788. The first-order valence-electron chi connectivity index (χ1n) is 6.51. The molecule has 2 N–H and O–H groups in total. The van der Waals surface area contributed by atoms with E-state index in [0.717, 1.165) is 0 Å². The van der Waals surface area contributed by atoms with Crippen LogP contribution < -0.4 is 5.32 Å². The van der Waals surface area contributed by atoms with E-state index in [0.29, 0.717) is 5.69 Å². The normalized spacial score (nSPS) is 10.6. The van der Waals surface area contributed by atoms with Crippen LogP contribution in [0.4, 0.5) is 5.69 Å². The van der Waals surface area contributed by atoms with Crippen LogP contribution in [0, 0.1) is 11.3 Å². The van der Waals surface area contributed by atoms with Gasteiger partial charge >= 0.3 is 11.9 Å². The first-order valence-corrected chi connectivity index (χ1v) is 6.51. The molecule has 0 aliphatic heterocycles. The number of methoxy groups -OCH3 is 2. The van der Waals surface area contributed by atoms with Crippen LogP contribution in [0.2, 0.25) is 0 Å². The maximum atomic E-state index is 11.7. The molecule has 10 heteroatoms. The van der Waals surface area contributed by atoms with Gasteiger partial charge in [0.1, 0.15) is 11.6 Å². The number of anilines is 1. The maximum Gasteiger partial charge on any atom is 0.337 e. The van der Waals surface area contributed by atoms with Crippen molar-refractivity contribution in [2.24, 2.45) is 0 Å². The molecule has 0 aliphatic carbocycles. The quantitative estimate of drug-likeness (QED) is 0.600. The summed E-state index contributed by atoms with van der Waals surface area (Å²) in [7, 11) is 2.45. The molecule has 0 atom stereocenters. The Balaban J connectivity index is 2.37. The van der Waals surface area contributed by atoms with Crippen molar-refractivity contribution < 1.29 is 19.1 Å². The smallest absolute Gasteiger partial charge is 0.337 e. The van der Waals surface area contributed by atoms with Crippen LogP contribution in [0.25, 0.3) is 5.57 Å². The predicted molar refractivity (Wildman–Crippen MR) is 80.5 cm³/mol. The number of nitriles is 1. The summed E-state index contributed by atoms with van der Waals surface area (Å²) in [6.07, 6.45) is 1.32. The minimum atomic E-state index is -0.619. The van der Waals surface area contributed by atoms with Gasteiger partial charge in [0, 0.05) is 11.9 Å². The number of tetrazole rings is 1. The number of benzene rings is 1. The van der Waals surface area contributed by atoms with E-state index >= 15 is 0 Å². The van der Waals surface area contributed by atoms with E-state index in [4.69, 9.17) is 5.26 Å². The lowest BCUT2D eigenvalue weighted by Gasteiger charge is -2.08. The van der Waals surface area contributed by atoms with Crippen LogP contribution in [0.5, 0.6) is 0 Å². The van der Waals surface area contributed by atoms with Crippen LogP contribution in [0.1, 0.15) is 26.5 Å². The molecule has 1 heterocycles. The molecular weight excluding hydrogens is 316 g/mol. The number of rotatable bonds is 5. The van der Waals surface area contributed by atoms with E-state index in [1.807, 2.05) is 6.07 Å². The number of hydrogen-bond donors (Lipinski definition) is 2. The Morgan fingerprint density at radius 2 is 1.83 bits per heavy atom. The fourth-order valence-corrected chi connectivity index (χ4v) is 1.76. The topological polar surface area (TPSA) is 143 Å².